The third-order valence-corrected chi connectivity index (χ3v) is 14.3. The molecule has 0 bridgehead atoms. The number of nitrogens with zero attached hydrogens (tertiary/aromatic N) is 1. The Bertz CT molecular complexity index is 1990. The van der Waals surface area contributed by atoms with Crippen LogP contribution < -0.4 is 15.1 Å². The first-order chi connectivity index (χ1) is 23.1. The summed E-state index contributed by atoms with van der Waals surface area (Å²) in [6, 6.07) is 37.5. The van der Waals surface area contributed by atoms with Crippen molar-refractivity contribution in [2.75, 3.05) is 6.61 Å². The lowest BCUT2D eigenvalue weighted by molar-refractivity contribution is 0.271. The molecule has 0 aliphatic heterocycles. The molecule has 0 spiro atoms. The monoisotopic (exact) mass is 697 g/mol. The molecule has 0 amide bonds. The van der Waals surface area contributed by atoms with Crippen LogP contribution in [0.5, 0.6) is 5.88 Å². The van der Waals surface area contributed by atoms with E-state index in [4.69, 9.17) is 37.3 Å². The Labute approximate surface area is 291 Å². The molecule has 1 heterocycles. The second-order valence-corrected chi connectivity index (χ2v) is 17.8. The van der Waals surface area contributed by atoms with E-state index in [0.717, 1.165) is 26.9 Å². The zero-order valence-corrected chi connectivity index (χ0v) is 29.5. The molecule has 0 atom stereocenters. The van der Waals surface area contributed by atoms with Crippen LogP contribution in [0, 0.1) is 11.6 Å². The van der Waals surface area contributed by atoms with Crippen molar-refractivity contribution in [2.24, 2.45) is 0 Å². The molecule has 6 aromatic rings. The van der Waals surface area contributed by atoms with Gasteiger partial charge in [-0.2, -0.15) is 0 Å². The summed E-state index contributed by atoms with van der Waals surface area (Å²) in [5, 5.41) is 3.92. The van der Waals surface area contributed by atoms with Crippen molar-refractivity contribution in [3.63, 3.8) is 0 Å². The highest BCUT2D eigenvalue weighted by molar-refractivity contribution is 6.99. The SMILES string of the molecule is CC(C)(C)[Si](OCCc1c(OCc2c(F)cccc2F)nc2ccc(Cl)cc2c1-c1ccccc1Cl)(c1ccccc1)c1ccccc1. The van der Waals surface area contributed by atoms with Gasteiger partial charge in [-0.1, -0.05) is 129 Å². The molecule has 6 rings (SSSR count). The van der Waals surface area contributed by atoms with Gasteiger partial charge in [0.1, 0.15) is 18.2 Å². The third kappa shape index (κ3) is 6.63. The second-order valence-electron chi connectivity index (χ2n) is 12.7. The van der Waals surface area contributed by atoms with Gasteiger partial charge in [0, 0.05) is 45.1 Å². The van der Waals surface area contributed by atoms with Crippen LogP contribution in [-0.4, -0.2) is 19.9 Å². The van der Waals surface area contributed by atoms with Crippen molar-refractivity contribution in [1.82, 2.24) is 4.98 Å². The maximum atomic E-state index is 14.7. The molecule has 244 valence electrons. The molecule has 0 unspecified atom stereocenters. The van der Waals surface area contributed by atoms with Crippen molar-refractivity contribution in [1.29, 1.82) is 0 Å². The highest BCUT2D eigenvalue weighted by Gasteiger charge is 2.50. The summed E-state index contributed by atoms with van der Waals surface area (Å²) in [5.41, 5.74) is 2.67. The van der Waals surface area contributed by atoms with Crippen LogP contribution in [0.15, 0.2) is 121 Å². The summed E-state index contributed by atoms with van der Waals surface area (Å²) in [4.78, 5) is 4.87. The van der Waals surface area contributed by atoms with E-state index in [1.165, 1.54) is 18.2 Å². The number of hydrogen-bond acceptors (Lipinski definition) is 3. The molecular weight excluding hydrogens is 663 g/mol. The van der Waals surface area contributed by atoms with E-state index in [0.29, 0.717) is 34.2 Å². The summed E-state index contributed by atoms with van der Waals surface area (Å²) in [7, 11) is -2.88. The number of pyridine rings is 1. The van der Waals surface area contributed by atoms with Gasteiger partial charge in [0.25, 0.3) is 8.32 Å². The summed E-state index contributed by atoms with van der Waals surface area (Å²) in [5.74, 6) is -1.13. The van der Waals surface area contributed by atoms with Gasteiger partial charge in [-0.05, 0) is 51.8 Å². The average Bonchev–Trinajstić information content (AvgIpc) is 3.07. The number of halogens is 4. The normalized spacial score (nSPS) is 12.0. The Morgan fingerprint density at radius 1 is 0.708 bits per heavy atom. The van der Waals surface area contributed by atoms with E-state index < -0.39 is 20.0 Å². The van der Waals surface area contributed by atoms with Gasteiger partial charge < -0.3 is 9.16 Å². The van der Waals surface area contributed by atoms with Gasteiger partial charge in [0.05, 0.1) is 11.1 Å². The Morgan fingerprint density at radius 2 is 1.31 bits per heavy atom. The quantitative estimate of drug-likeness (QED) is 0.134. The zero-order valence-electron chi connectivity index (χ0n) is 26.9. The van der Waals surface area contributed by atoms with Gasteiger partial charge in [-0.25, -0.2) is 13.8 Å². The second kappa shape index (κ2) is 14.2. The minimum atomic E-state index is -2.88. The van der Waals surface area contributed by atoms with Crippen molar-refractivity contribution in [3.05, 3.63) is 154 Å². The van der Waals surface area contributed by atoms with E-state index in [9.17, 15) is 8.78 Å². The maximum absolute atomic E-state index is 14.7. The molecule has 48 heavy (non-hydrogen) atoms. The fraction of sp³-hybridized carbons (Fsp3) is 0.175. The van der Waals surface area contributed by atoms with E-state index in [1.54, 1.807) is 12.1 Å². The summed E-state index contributed by atoms with van der Waals surface area (Å²) < 4.78 is 42.9. The number of benzene rings is 5. The Hall–Kier alpha value is -4.07. The molecule has 0 radical (unpaired) electrons. The lowest BCUT2D eigenvalue weighted by Gasteiger charge is -2.43. The van der Waals surface area contributed by atoms with Crippen LogP contribution >= 0.6 is 23.2 Å². The lowest BCUT2D eigenvalue weighted by Crippen LogP contribution is -2.66. The van der Waals surface area contributed by atoms with Crippen LogP contribution in [0.25, 0.3) is 22.0 Å². The van der Waals surface area contributed by atoms with Crippen LogP contribution in [0.3, 0.4) is 0 Å². The van der Waals surface area contributed by atoms with Crippen molar-refractivity contribution in [3.8, 4) is 17.0 Å². The molecule has 5 aromatic carbocycles. The van der Waals surface area contributed by atoms with Crippen LogP contribution in [0.2, 0.25) is 15.1 Å². The summed E-state index contributed by atoms with van der Waals surface area (Å²) >= 11 is 13.4. The van der Waals surface area contributed by atoms with E-state index >= 15 is 0 Å². The first kappa shape index (κ1) is 33.8. The molecular formula is C40H35Cl2F2NO2Si. The van der Waals surface area contributed by atoms with Gasteiger partial charge in [0.2, 0.25) is 5.88 Å². The van der Waals surface area contributed by atoms with Crippen molar-refractivity contribution >= 4 is 52.8 Å². The molecule has 0 saturated carbocycles. The van der Waals surface area contributed by atoms with Crippen LogP contribution in [0.1, 0.15) is 31.9 Å². The third-order valence-electron chi connectivity index (χ3n) is 8.66. The Balaban J connectivity index is 1.51. The largest absolute Gasteiger partial charge is 0.472 e. The summed E-state index contributed by atoms with van der Waals surface area (Å²) in [6.45, 7) is 6.64. The summed E-state index contributed by atoms with van der Waals surface area (Å²) in [6.07, 6.45) is 0.371. The molecule has 3 nitrogen and oxygen atoms in total. The first-order valence-corrected chi connectivity index (χ1v) is 18.4. The van der Waals surface area contributed by atoms with E-state index in [2.05, 4.69) is 69.3 Å². The average molecular weight is 699 g/mol. The molecule has 0 saturated heterocycles. The molecule has 1 aromatic heterocycles. The smallest absolute Gasteiger partial charge is 0.261 e. The maximum Gasteiger partial charge on any atom is 0.261 e. The molecule has 0 fully saturated rings. The number of hydrogen-bond donors (Lipinski definition) is 0. The van der Waals surface area contributed by atoms with Gasteiger partial charge >= 0.3 is 0 Å². The number of aromatic nitrogens is 1. The predicted molar refractivity (Wildman–Crippen MR) is 195 cm³/mol. The number of rotatable bonds is 10. The topological polar surface area (TPSA) is 31.4 Å². The van der Waals surface area contributed by atoms with Gasteiger partial charge in [0.15, 0.2) is 0 Å². The molecule has 0 aliphatic carbocycles. The minimum Gasteiger partial charge on any atom is -0.472 e. The predicted octanol–water partition coefficient (Wildman–Crippen LogP) is 10.2. The Kier molecular flexibility index (Phi) is 10.00. The minimum absolute atomic E-state index is 0.177. The van der Waals surface area contributed by atoms with Crippen LogP contribution in [0.4, 0.5) is 8.78 Å². The fourth-order valence-electron chi connectivity index (χ4n) is 6.45. The van der Waals surface area contributed by atoms with E-state index in [-0.39, 0.29) is 23.1 Å². The van der Waals surface area contributed by atoms with Gasteiger partial charge in [-0.3, -0.25) is 0 Å². The Morgan fingerprint density at radius 3 is 1.92 bits per heavy atom. The standard InChI is InChI=1S/C40H35Cl2F2NO2Si/c1-40(2,3)48(28-13-6-4-7-14-28,29-15-8-5-9-16-29)47-24-23-31-38(30-17-10-11-18-34(30)42)32-25-27(41)21-22-37(32)45-39(31)46-26-33-35(43)19-12-20-36(33)44/h4-22,25H,23-24,26H2,1-3H3. The first-order valence-electron chi connectivity index (χ1n) is 15.8. The number of ether oxygens (including phenoxy) is 1. The lowest BCUT2D eigenvalue weighted by atomic mass is 9.94. The highest BCUT2D eigenvalue weighted by atomic mass is 35.5. The van der Waals surface area contributed by atoms with Crippen molar-refractivity contribution < 1.29 is 17.9 Å². The fourth-order valence-corrected chi connectivity index (χ4v) is 11.4. The van der Waals surface area contributed by atoms with Crippen LogP contribution in [-0.2, 0) is 17.5 Å². The number of fused-ring (bicyclic) bond motifs is 1. The van der Waals surface area contributed by atoms with Gasteiger partial charge in [-0.15, -0.1) is 0 Å². The molecule has 0 N–H and O–H groups in total. The van der Waals surface area contributed by atoms with E-state index in [1.807, 2.05) is 42.5 Å². The molecule has 8 heteroatoms. The highest BCUT2D eigenvalue weighted by Crippen LogP contribution is 2.42. The molecule has 0 aliphatic rings. The van der Waals surface area contributed by atoms with Crippen molar-refractivity contribution in [2.45, 2.75) is 38.8 Å². The zero-order chi connectivity index (χ0) is 33.9.